The van der Waals surface area contributed by atoms with Crippen LogP contribution in [0.3, 0.4) is 0 Å². The minimum atomic E-state index is 0.460. The first-order valence-corrected chi connectivity index (χ1v) is 5.41. The molecule has 13 heavy (non-hydrogen) atoms. The molecule has 0 atom stereocenters. The summed E-state index contributed by atoms with van der Waals surface area (Å²) in [6.07, 6.45) is 3.87. The van der Waals surface area contributed by atoms with Crippen LogP contribution >= 0.6 is 0 Å². The molecule has 0 aliphatic carbocycles. The maximum atomic E-state index is 2.32. The first kappa shape index (κ1) is 13.0. The van der Waals surface area contributed by atoms with Crippen molar-refractivity contribution in [1.29, 1.82) is 0 Å². The van der Waals surface area contributed by atoms with Gasteiger partial charge in [0.15, 0.2) is 0 Å². The van der Waals surface area contributed by atoms with E-state index in [-0.39, 0.29) is 0 Å². The highest BCUT2D eigenvalue weighted by atomic mass is 14.2. The summed E-state index contributed by atoms with van der Waals surface area (Å²) in [5, 5.41) is 0. The van der Waals surface area contributed by atoms with Gasteiger partial charge in [0.05, 0.1) is 0 Å². The third-order valence-corrected chi connectivity index (χ3v) is 2.13. The van der Waals surface area contributed by atoms with E-state index in [0.717, 1.165) is 0 Å². The van der Waals surface area contributed by atoms with Crippen molar-refractivity contribution in [2.45, 2.75) is 67.7 Å². The van der Waals surface area contributed by atoms with E-state index in [0.29, 0.717) is 10.8 Å². The third kappa shape index (κ3) is 9.92. The summed E-state index contributed by atoms with van der Waals surface area (Å²) in [6, 6.07) is 0. The largest absolute Gasteiger partial charge is 0.0602 e. The van der Waals surface area contributed by atoms with Gasteiger partial charge in [-0.2, -0.15) is 0 Å². The van der Waals surface area contributed by atoms with Gasteiger partial charge < -0.3 is 0 Å². The summed E-state index contributed by atoms with van der Waals surface area (Å²) >= 11 is 0. The zero-order chi connectivity index (χ0) is 10.7. The van der Waals surface area contributed by atoms with Crippen LogP contribution in [0.4, 0.5) is 0 Å². The summed E-state index contributed by atoms with van der Waals surface area (Å²) < 4.78 is 0. The molecule has 0 spiro atoms. The summed E-state index contributed by atoms with van der Waals surface area (Å²) in [5.74, 6) is 1.66. The topological polar surface area (TPSA) is 0 Å². The molecule has 1 radical (unpaired) electrons. The molecule has 0 heteroatoms. The Bertz CT molecular complexity index is 131. The van der Waals surface area contributed by atoms with Crippen molar-refractivity contribution < 1.29 is 0 Å². The van der Waals surface area contributed by atoms with Crippen molar-refractivity contribution in [2.24, 2.45) is 10.8 Å². The molecule has 0 nitrogen and oxygen atoms in total. The SMILES string of the molecule is C[C](CCC(C)(C)C)CC(C)(C)C. The van der Waals surface area contributed by atoms with Crippen LogP contribution in [0.2, 0.25) is 0 Å². The average molecular weight is 183 g/mol. The second-order valence-electron chi connectivity index (χ2n) is 6.76. The normalized spacial score (nSPS) is 13.8. The molecule has 0 saturated carbocycles. The molecular weight excluding hydrogens is 156 g/mol. The van der Waals surface area contributed by atoms with Crippen LogP contribution in [0.5, 0.6) is 0 Å². The van der Waals surface area contributed by atoms with Crippen LogP contribution in [0, 0.1) is 16.7 Å². The molecule has 0 fully saturated rings. The van der Waals surface area contributed by atoms with Gasteiger partial charge in [-0.1, -0.05) is 48.5 Å². The van der Waals surface area contributed by atoms with E-state index < -0.39 is 0 Å². The van der Waals surface area contributed by atoms with Crippen molar-refractivity contribution in [3.63, 3.8) is 0 Å². The lowest BCUT2D eigenvalue weighted by molar-refractivity contribution is 0.336. The van der Waals surface area contributed by atoms with Crippen LogP contribution < -0.4 is 0 Å². The quantitative estimate of drug-likeness (QED) is 0.587. The zero-order valence-electron chi connectivity index (χ0n) is 10.6. The average Bonchev–Trinajstić information content (AvgIpc) is 1.78. The van der Waals surface area contributed by atoms with Gasteiger partial charge in [0.25, 0.3) is 0 Å². The Morgan fingerprint density at radius 2 is 1.31 bits per heavy atom. The summed E-state index contributed by atoms with van der Waals surface area (Å²) in [7, 11) is 0. The highest BCUT2D eigenvalue weighted by Gasteiger charge is 2.18. The molecule has 0 heterocycles. The zero-order valence-corrected chi connectivity index (χ0v) is 10.6. The van der Waals surface area contributed by atoms with Gasteiger partial charge in [0, 0.05) is 0 Å². The summed E-state index contributed by atoms with van der Waals surface area (Å²) in [4.78, 5) is 0. The van der Waals surface area contributed by atoms with E-state index in [2.05, 4.69) is 48.5 Å². The first-order chi connectivity index (χ1) is 5.60. The van der Waals surface area contributed by atoms with Crippen molar-refractivity contribution in [2.75, 3.05) is 0 Å². The van der Waals surface area contributed by atoms with Gasteiger partial charge in [-0.15, -0.1) is 0 Å². The fourth-order valence-corrected chi connectivity index (χ4v) is 1.58. The molecular formula is C13H27. The van der Waals surface area contributed by atoms with E-state index in [1.165, 1.54) is 19.3 Å². The number of hydrogen-bond acceptors (Lipinski definition) is 0. The van der Waals surface area contributed by atoms with Gasteiger partial charge in [0.1, 0.15) is 0 Å². The molecule has 0 N–H and O–H groups in total. The third-order valence-electron chi connectivity index (χ3n) is 2.13. The van der Waals surface area contributed by atoms with Gasteiger partial charge in [0.2, 0.25) is 0 Å². The number of hydrogen-bond donors (Lipinski definition) is 0. The Labute approximate surface area is 85.1 Å². The van der Waals surface area contributed by atoms with Crippen LogP contribution in [0.25, 0.3) is 0 Å². The minimum absolute atomic E-state index is 0.460. The molecule has 0 aromatic heterocycles. The van der Waals surface area contributed by atoms with Gasteiger partial charge >= 0.3 is 0 Å². The fraction of sp³-hybridized carbons (Fsp3) is 0.923. The van der Waals surface area contributed by atoms with Crippen LogP contribution in [0.1, 0.15) is 67.7 Å². The molecule has 0 unspecified atom stereocenters. The predicted octanol–water partition coefficient (Wildman–Crippen LogP) is 4.84. The highest BCUT2D eigenvalue weighted by molar-refractivity contribution is 4.89. The highest BCUT2D eigenvalue weighted by Crippen LogP contribution is 2.31. The lowest BCUT2D eigenvalue weighted by Crippen LogP contribution is -2.12. The van der Waals surface area contributed by atoms with Gasteiger partial charge in [-0.3, -0.25) is 0 Å². The van der Waals surface area contributed by atoms with Crippen molar-refractivity contribution >= 4 is 0 Å². The first-order valence-electron chi connectivity index (χ1n) is 5.41. The van der Waals surface area contributed by atoms with Gasteiger partial charge in [-0.05, 0) is 36.0 Å². The second kappa shape index (κ2) is 4.48. The monoisotopic (exact) mass is 183 g/mol. The molecule has 79 valence electrons. The van der Waals surface area contributed by atoms with Crippen molar-refractivity contribution in [1.82, 2.24) is 0 Å². The maximum absolute atomic E-state index is 2.32. The van der Waals surface area contributed by atoms with E-state index in [1.54, 1.807) is 5.92 Å². The molecule has 0 amide bonds. The van der Waals surface area contributed by atoms with Crippen LogP contribution in [-0.2, 0) is 0 Å². The van der Waals surface area contributed by atoms with E-state index in [1.807, 2.05) is 0 Å². The Morgan fingerprint density at radius 1 is 0.846 bits per heavy atom. The van der Waals surface area contributed by atoms with E-state index in [9.17, 15) is 0 Å². The van der Waals surface area contributed by atoms with E-state index in [4.69, 9.17) is 0 Å². The van der Waals surface area contributed by atoms with E-state index >= 15 is 0 Å². The minimum Gasteiger partial charge on any atom is -0.0602 e. The Hall–Kier alpha value is 0. The fourth-order valence-electron chi connectivity index (χ4n) is 1.58. The van der Waals surface area contributed by atoms with Gasteiger partial charge in [-0.25, -0.2) is 0 Å². The van der Waals surface area contributed by atoms with Crippen LogP contribution in [-0.4, -0.2) is 0 Å². The lowest BCUT2D eigenvalue weighted by Gasteiger charge is -2.25. The smallest absolute Gasteiger partial charge is 0.0267 e. The Kier molecular flexibility index (Phi) is 4.48. The predicted molar refractivity (Wildman–Crippen MR) is 61.7 cm³/mol. The Morgan fingerprint density at radius 3 is 1.62 bits per heavy atom. The summed E-state index contributed by atoms with van der Waals surface area (Å²) in [6.45, 7) is 16.2. The number of rotatable bonds is 3. The Balaban J connectivity index is 3.70. The maximum Gasteiger partial charge on any atom is -0.0267 e. The molecule has 0 rings (SSSR count). The van der Waals surface area contributed by atoms with Crippen molar-refractivity contribution in [3.05, 3.63) is 5.92 Å². The van der Waals surface area contributed by atoms with Crippen molar-refractivity contribution in [3.8, 4) is 0 Å². The molecule has 0 saturated heterocycles. The standard InChI is InChI=1S/C13H27/c1-11(10-13(5,6)7)8-9-12(2,3)4/h8-10H2,1-7H3. The molecule has 0 aliphatic heterocycles. The lowest BCUT2D eigenvalue weighted by atomic mass is 9.80. The summed E-state index contributed by atoms with van der Waals surface area (Å²) in [5.41, 5.74) is 0.946. The second-order valence-corrected chi connectivity index (χ2v) is 6.76. The molecule has 0 aromatic carbocycles. The molecule has 0 aliphatic rings. The molecule has 0 aromatic rings. The molecule has 0 bridgehead atoms. The van der Waals surface area contributed by atoms with Crippen LogP contribution in [0.15, 0.2) is 0 Å².